The maximum atomic E-state index is 13.3. The number of rotatable bonds is 5. The summed E-state index contributed by atoms with van der Waals surface area (Å²) < 4.78 is 35.9. The molecule has 1 atom stereocenters. The molecule has 0 aromatic heterocycles. The second kappa shape index (κ2) is 14.2. The van der Waals surface area contributed by atoms with Gasteiger partial charge in [-0.3, -0.25) is 25.7 Å². The van der Waals surface area contributed by atoms with Crippen LogP contribution in [0.3, 0.4) is 0 Å². The lowest BCUT2D eigenvalue weighted by Crippen LogP contribution is -2.58. The van der Waals surface area contributed by atoms with Crippen molar-refractivity contribution in [3.8, 4) is 0 Å². The Balaban J connectivity index is 0.000000712. The number of carbonyl (C=O) groups is 3. The van der Waals surface area contributed by atoms with E-state index in [1.54, 1.807) is 54.5 Å². The van der Waals surface area contributed by atoms with E-state index in [0.717, 1.165) is 16.4 Å². The molecule has 0 unspecified atom stereocenters. The van der Waals surface area contributed by atoms with Gasteiger partial charge >= 0.3 is 12.2 Å². The first-order chi connectivity index (χ1) is 19.3. The molecule has 1 aliphatic heterocycles. The summed E-state index contributed by atoms with van der Waals surface area (Å²) >= 11 is 2.25. The van der Waals surface area contributed by atoms with E-state index < -0.39 is 54.5 Å². The molecule has 0 bridgehead atoms. The monoisotopic (exact) mass is 739 g/mol. The lowest BCUT2D eigenvalue weighted by molar-refractivity contribution is -0.385. The molecular weight excluding hydrogens is 699 g/mol. The smallest absolute Gasteiger partial charge is 0.413 e. The molecule has 0 spiro atoms. The number of aliphatic imine (C=N–C) groups is 1. The number of alkyl carbamates (subject to hydrolysis) is 2. The summed E-state index contributed by atoms with van der Waals surface area (Å²) in [6, 6.07) is 4.47. The van der Waals surface area contributed by atoms with Crippen molar-refractivity contribution in [1.82, 2.24) is 10.6 Å². The summed E-state index contributed by atoms with van der Waals surface area (Å²) in [7, 11) is -3.80. The van der Waals surface area contributed by atoms with Crippen LogP contribution in [0.1, 0.15) is 79.9 Å². The minimum Gasteiger partial charge on any atom is -0.530 e. The van der Waals surface area contributed by atoms with Gasteiger partial charge < -0.3 is 19.4 Å². The van der Waals surface area contributed by atoms with Crippen LogP contribution in [0.25, 0.3) is 0 Å². The second-order valence-corrected chi connectivity index (χ2v) is 16.1. The van der Waals surface area contributed by atoms with E-state index in [9.17, 15) is 38.0 Å². The number of aryl methyl sites for hydroxylation is 1. The number of hydrogen-bond acceptors (Lipinski definition) is 11. The van der Waals surface area contributed by atoms with Gasteiger partial charge in [0.25, 0.3) is 5.69 Å². The highest BCUT2D eigenvalue weighted by Crippen LogP contribution is 2.40. The Morgan fingerprint density at radius 1 is 1.05 bits per heavy atom. The Morgan fingerprint density at radius 2 is 1.58 bits per heavy atom. The number of amides is 3. The number of non-ortho nitro benzene ring substituents is 1. The van der Waals surface area contributed by atoms with Gasteiger partial charge in [-0.05, 0) is 90.7 Å². The van der Waals surface area contributed by atoms with Crippen LogP contribution in [0.5, 0.6) is 0 Å². The molecule has 0 radical (unpaired) electrons. The molecule has 1 aliphatic rings. The number of alkyl halides is 1. The highest BCUT2D eigenvalue weighted by atomic mass is 127. The highest BCUT2D eigenvalue weighted by molar-refractivity contribution is 14.1. The zero-order chi connectivity index (χ0) is 33.6. The molecule has 1 aromatic rings. The normalized spacial score (nSPS) is 19.1. The van der Waals surface area contributed by atoms with E-state index in [2.05, 4.69) is 37.6 Å². The zero-order valence-corrected chi connectivity index (χ0v) is 28.8. The molecule has 0 saturated heterocycles. The van der Waals surface area contributed by atoms with Gasteiger partial charge in [-0.1, -0.05) is 28.7 Å². The van der Waals surface area contributed by atoms with E-state index in [1.165, 1.54) is 31.3 Å². The average molecular weight is 740 g/mol. The third kappa shape index (κ3) is 11.5. The molecule has 16 heteroatoms. The number of hydrogen-bond donors (Lipinski definition) is 2. The van der Waals surface area contributed by atoms with Crippen molar-refractivity contribution in [2.24, 2.45) is 4.99 Å². The maximum Gasteiger partial charge on any atom is 0.413 e. The SMILES string of the molecule is CC(C)(C)OC(=O)NC(=O)[O-].CC(C)(C)OC(=O)NC1=N[C@](C)(c2cc([N+](=O)[O-])ccc2CCCI)CS(=O)(=O)C1(C)C. The lowest BCUT2D eigenvalue weighted by atomic mass is 9.87. The van der Waals surface area contributed by atoms with E-state index in [-0.39, 0.29) is 17.3 Å². The van der Waals surface area contributed by atoms with Crippen LogP contribution in [-0.4, -0.2) is 63.6 Å². The summed E-state index contributed by atoms with van der Waals surface area (Å²) in [6.45, 7) is 14.6. The van der Waals surface area contributed by atoms with Gasteiger partial charge in [0.1, 0.15) is 27.9 Å². The number of ether oxygens (including phenoxy) is 2. The van der Waals surface area contributed by atoms with Crippen molar-refractivity contribution in [3.05, 3.63) is 39.4 Å². The molecule has 0 aliphatic carbocycles. The Bertz CT molecular complexity index is 1360. The van der Waals surface area contributed by atoms with Crippen molar-refractivity contribution in [1.29, 1.82) is 0 Å². The van der Waals surface area contributed by atoms with Crippen molar-refractivity contribution in [3.63, 3.8) is 0 Å². The Morgan fingerprint density at radius 3 is 2.05 bits per heavy atom. The number of carbonyl (C=O) groups excluding carboxylic acids is 3. The summed E-state index contributed by atoms with van der Waals surface area (Å²) in [5.74, 6) is -0.392. The highest BCUT2D eigenvalue weighted by Gasteiger charge is 2.51. The predicted octanol–water partition coefficient (Wildman–Crippen LogP) is 4.16. The molecule has 2 rings (SSSR count). The molecule has 242 valence electrons. The van der Waals surface area contributed by atoms with E-state index >= 15 is 0 Å². The van der Waals surface area contributed by atoms with Crippen molar-refractivity contribution in [2.75, 3.05) is 10.2 Å². The van der Waals surface area contributed by atoms with Gasteiger partial charge in [0.2, 0.25) is 0 Å². The summed E-state index contributed by atoms with van der Waals surface area (Å²) in [4.78, 5) is 48.3. The van der Waals surface area contributed by atoms with Crippen molar-refractivity contribution >= 4 is 62.2 Å². The third-order valence-electron chi connectivity index (χ3n) is 5.86. The number of nitrogens with zero attached hydrogens (tertiary/aromatic N) is 2. The topological polar surface area (TPSA) is 206 Å². The molecule has 43 heavy (non-hydrogen) atoms. The fourth-order valence-corrected chi connectivity index (χ4v) is 5.96. The fourth-order valence-electron chi connectivity index (χ4n) is 3.87. The van der Waals surface area contributed by atoms with Gasteiger partial charge in [-0.2, -0.15) is 0 Å². The van der Waals surface area contributed by atoms with Gasteiger partial charge in [-0.25, -0.2) is 18.0 Å². The number of imide groups is 1. The first-order valence-corrected chi connectivity index (χ1v) is 16.4. The number of halogens is 1. The van der Waals surface area contributed by atoms with Crippen LogP contribution < -0.4 is 15.7 Å². The first kappa shape index (κ1) is 38.0. The van der Waals surface area contributed by atoms with E-state index in [1.807, 2.05) is 0 Å². The van der Waals surface area contributed by atoms with E-state index in [4.69, 9.17) is 4.74 Å². The second-order valence-electron chi connectivity index (χ2n) is 12.4. The van der Waals surface area contributed by atoms with Gasteiger partial charge in [-0.15, -0.1) is 0 Å². The quantitative estimate of drug-likeness (QED) is 0.191. The van der Waals surface area contributed by atoms with E-state index in [0.29, 0.717) is 12.0 Å². The first-order valence-electron chi connectivity index (χ1n) is 13.2. The molecule has 14 nitrogen and oxygen atoms in total. The molecule has 1 heterocycles. The number of sulfone groups is 1. The Hall–Kier alpha value is -3.02. The molecule has 0 saturated carbocycles. The number of nitro benzene ring substituents is 1. The summed E-state index contributed by atoms with van der Waals surface area (Å²) in [5.41, 5.74) is -1.66. The lowest BCUT2D eigenvalue weighted by Gasteiger charge is -2.40. The van der Waals surface area contributed by atoms with Crippen molar-refractivity contribution in [2.45, 2.75) is 96.6 Å². The van der Waals surface area contributed by atoms with Crippen molar-refractivity contribution < 1.29 is 42.3 Å². The van der Waals surface area contributed by atoms with Crippen LogP contribution in [0.4, 0.5) is 20.1 Å². The van der Waals surface area contributed by atoms with Crippen LogP contribution >= 0.6 is 22.6 Å². The number of nitrogens with one attached hydrogen (secondary N) is 2. The summed E-state index contributed by atoms with van der Waals surface area (Å²) in [6.07, 6.45) is -2.05. The summed E-state index contributed by atoms with van der Waals surface area (Å²) in [5, 5.41) is 25.2. The predicted molar refractivity (Wildman–Crippen MR) is 167 cm³/mol. The zero-order valence-electron chi connectivity index (χ0n) is 25.8. The molecule has 0 fully saturated rings. The Kier molecular flexibility index (Phi) is 12.5. The molecule has 2 N–H and O–H groups in total. The van der Waals surface area contributed by atoms with Crippen LogP contribution in [-0.2, 0) is 31.3 Å². The number of amidine groups is 1. The van der Waals surface area contributed by atoms with Gasteiger partial charge in [0.05, 0.1) is 16.2 Å². The van der Waals surface area contributed by atoms with Gasteiger partial charge in [0.15, 0.2) is 9.84 Å². The average Bonchev–Trinajstić information content (AvgIpc) is 2.78. The third-order valence-corrected chi connectivity index (χ3v) is 9.32. The minimum atomic E-state index is -3.80. The number of nitro groups is 1. The molecule has 1 aromatic carbocycles. The van der Waals surface area contributed by atoms with Crippen LogP contribution in [0, 0.1) is 10.1 Å². The minimum absolute atomic E-state index is 0.0492. The van der Waals surface area contributed by atoms with Crippen LogP contribution in [0.2, 0.25) is 0 Å². The fraction of sp³-hybridized carbons (Fsp3) is 0.630. The number of benzene rings is 1. The number of carboxylic acid groups (broad SMARTS) is 1. The maximum absolute atomic E-state index is 13.3. The van der Waals surface area contributed by atoms with Crippen LogP contribution in [0.15, 0.2) is 23.2 Å². The van der Waals surface area contributed by atoms with Gasteiger partial charge in [0, 0.05) is 12.1 Å². The molecule has 3 amide bonds. The Labute approximate surface area is 265 Å². The standard InChI is InChI=1S/C21H30IN3O6S.C6H11NO4/c1-19(2,3)31-18(26)23-17-20(4,5)32(29,30)13-21(6,24-17)16-12-15(25(27)28)10-9-14(16)8-7-11-22;1-6(2,3)11-5(10)7-4(8)9/h9-10,12H,7-8,11,13H2,1-6H3,(H,23,24,26);1-3H3,(H,7,10)(H,8,9)/p-1/t21-;/m0./s1. The molecular formula is C27H40IN4O10S-. The largest absolute Gasteiger partial charge is 0.530 e.